The van der Waals surface area contributed by atoms with Crippen LogP contribution in [0.3, 0.4) is 0 Å². The number of hydrogen-bond acceptors (Lipinski definition) is 1. The van der Waals surface area contributed by atoms with Gasteiger partial charge >= 0.3 is 0 Å². The summed E-state index contributed by atoms with van der Waals surface area (Å²) in [6.45, 7) is 12.8. The molecule has 0 heterocycles. The van der Waals surface area contributed by atoms with Crippen LogP contribution in [0.5, 0.6) is 0 Å². The maximum absolute atomic E-state index is 3.85. The zero-order chi connectivity index (χ0) is 23.9. The Balaban J connectivity index is 1.27. The van der Waals surface area contributed by atoms with Gasteiger partial charge in [-0.05, 0) is 110 Å². The molecule has 0 aromatic heterocycles. The Bertz CT molecular complexity index is 855. The zero-order valence-corrected chi connectivity index (χ0v) is 22.8. The van der Waals surface area contributed by atoms with E-state index in [1.165, 1.54) is 76.3 Å². The molecule has 3 saturated carbocycles. The van der Waals surface area contributed by atoms with E-state index in [1.807, 2.05) is 0 Å². The minimum absolute atomic E-state index is 0.458. The van der Waals surface area contributed by atoms with Gasteiger partial charge in [-0.1, -0.05) is 83.7 Å². The van der Waals surface area contributed by atoms with Crippen LogP contribution >= 0.6 is 0 Å². The second-order valence-corrected chi connectivity index (χ2v) is 13.7. The molecule has 1 N–H and O–H groups in total. The van der Waals surface area contributed by atoms with E-state index in [0.717, 1.165) is 35.5 Å². The first-order valence-corrected chi connectivity index (χ1v) is 14.8. The highest BCUT2D eigenvalue weighted by Crippen LogP contribution is 2.67. The zero-order valence-electron chi connectivity index (χ0n) is 22.8. The van der Waals surface area contributed by atoms with Crippen LogP contribution in [0.4, 0.5) is 5.69 Å². The van der Waals surface area contributed by atoms with E-state index in [0.29, 0.717) is 16.9 Å². The highest BCUT2D eigenvalue weighted by atomic mass is 14.9. The Morgan fingerprint density at radius 2 is 1.71 bits per heavy atom. The van der Waals surface area contributed by atoms with Crippen LogP contribution < -0.4 is 5.32 Å². The lowest BCUT2D eigenvalue weighted by atomic mass is 9.47. The van der Waals surface area contributed by atoms with Crippen LogP contribution in [0.25, 0.3) is 0 Å². The number of fused-ring (bicyclic) bond motifs is 5. The molecule has 0 bridgehead atoms. The number of benzene rings is 1. The molecule has 0 aliphatic heterocycles. The standard InChI is InChI=1S/C33H51N/c1-23(2)10-9-11-24(3)29-16-17-30-28-15-14-25-22-27(34-26-12-7-6-8-13-26)18-20-32(25,4)31(28)19-21-33(29,30)5/h6-8,12-14,23-24,27-31,34H,9-11,15-22H2,1-5H3. The molecule has 4 aliphatic rings. The molecular formula is C33H51N. The first-order valence-electron chi connectivity index (χ1n) is 14.8. The molecule has 1 aromatic carbocycles. The number of para-hydroxylation sites is 1. The number of allylic oxidation sites excluding steroid dienone is 1. The average Bonchev–Trinajstić information content (AvgIpc) is 3.17. The summed E-state index contributed by atoms with van der Waals surface area (Å²) in [7, 11) is 0. The molecule has 1 aromatic rings. The van der Waals surface area contributed by atoms with E-state index in [4.69, 9.17) is 0 Å². The molecule has 3 fully saturated rings. The largest absolute Gasteiger partial charge is 0.382 e. The molecule has 8 atom stereocenters. The summed E-state index contributed by atoms with van der Waals surface area (Å²) in [6.07, 6.45) is 18.4. The first kappa shape index (κ1) is 24.5. The predicted molar refractivity (Wildman–Crippen MR) is 147 cm³/mol. The topological polar surface area (TPSA) is 12.0 Å². The van der Waals surface area contributed by atoms with Crippen molar-refractivity contribution in [1.82, 2.24) is 0 Å². The van der Waals surface area contributed by atoms with Crippen molar-refractivity contribution < 1.29 is 0 Å². The van der Waals surface area contributed by atoms with Gasteiger partial charge in [-0.15, -0.1) is 0 Å². The lowest BCUT2D eigenvalue weighted by molar-refractivity contribution is -0.0505. The first-order chi connectivity index (χ1) is 16.3. The van der Waals surface area contributed by atoms with Crippen LogP contribution in [-0.4, -0.2) is 6.04 Å². The number of anilines is 1. The Kier molecular flexibility index (Phi) is 6.95. The van der Waals surface area contributed by atoms with Crippen LogP contribution in [-0.2, 0) is 0 Å². The molecule has 34 heavy (non-hydrogen) atoms. The number of hydrogen-bond donors (Lipinski definition) is 1. The van der Waals surface area contributed by atoms with Crippen LogP contribution in [0.15, 0.2) is 42.0 Å². The summed E-state index contributed by atoms with van der Waals surface area (Å²) in [4.78, 5) is 0. The van der Waals surface area contributed by atoms with Gasteiger partial charge in [-0.25, -0.2) is 0 Å². The molecule has 0 saturated heterocycles. The van der Waals surface area contributed by atoms with Crippen molar-refractivity contribution in [3.63, 3.8) is 0 Å². The van der Waals surface area contributed by atoms with Crippen molar-refractivity contribution >= 4 is 5.69 Å². The van der Waals surface area contributed by atoms with Crippen molar-refractivity contribution in [2.24, 2.45) is 46.3 Å². The van der Waals surface area contributed by atoms with E-state index < -0.39 is 0 Å². The fraction of sp³-hybridized carbons (Fsp3) is 0.758. The fourth-order valence-electron chi connectivity index (χ4n) is 9.58. The average molecular weight is 462 g/mol. The number of nitrogens with one attached hydrogen (secondary N) is 1. The molecule has 188 valence electrons. The normalized spacial score (nSPS) is 40.2. The third-order valence-corrected chi connectivity index (χ3v) is 11.4. The Labute approximate surface area is 210 Å². The highest BCUT2D eigenvalue weighted by molar-refractivity contribution is 5.44. The SMILES string of the molecule is CC(C)CCCC(C)C1CCC2C3CC=C4CC(Nc5ccccc5)CCC4(C)C3CCC12C. The minimum Gasteiger partial charge on any atom is -0.382 e. The summed E-state index contributed by atoms with van der Waals surface area (Å²) in [5, 5.41) is 3.85. The van der Waals surface area contributed by atoms with Gasteiger partial charge in [0, 0.05) is 11.7 Å². The fourth-order valence-corrected chi connectivity index (χ4v) is 9.58. The Hall–Kier alpha value is -1.24. The molecule has 8 unspecified atom stereocenters. The van der Waals surface area contributed by atoms with E-state index in [9.17, 15) is 0 Å². The van der Waals surface area contributed by atoms with Gasteiger partial charge in [0.2, 0.25) is 0 Å². The van der Waals surface area contributed by atoms with Crippen LogP contribution in [0, 0.1) is 46.3 Å². The smallest absolute Gasteiger partial charge is 0.0342 e. The van der Waals surface area contributed by atoms with Crippen LogP contribution in [0.2, 0.25) is 0 Å². The second kappa shape index (κ2) is 9.67. The molecule has 0 amide bonds. The van der Waals surface area contributed by atoms with E-state index in [-0.39, 0.29) is 0 Å². The maximum Gasteiger partial charge on any atom is 0.0342 e. The number of rotatable bonds is 7. The van der Waals surface area contributed by atoms with Crippen molar-refractivity contribution in [2.75, 3.05) is 5.32 Å². The molecule has 0 spiro atoms. The van der Waals surface area contributed by atoms with Gasteiger partial charge in [0.15, 0.2) is 0 Å². The summed E-state index contributed by atoms with van der Waals surface area (Å²) in [6, 6.07) is 11.5. The molecule has 0 radical (unpaired) electrons. The lowest BCUT2D eigenvalue weighted by Gasteiger charge is -2.58. The summed E-state index contributed by atoms with van der Waals surface area (Å²) in [5.74, 6) is 5.58. The molecular weight excluding hydrogens is 410 g/mol. The third kappa shape index (κ3) is 4.39. The van der Waals surface area contributed by atoms with Crippen molar-refractivity contribution in [2.45, 2.75) is 111 Å². The van der Waals surface area contributed by atoms with Gasteiger partial charge < -0.3 is 5.32 Å². The molecule has 5 rings (SSSR count). The predicted octanol–water partition coefficient (Wildman–Crippen LogP) is 9.51. The third-order valence-electron chi connectivity index (χ3n) is 11.4. The monoisotopic (exact) mass is 461 g/mol. The van der Waals surface area contributed by atoms with E-state index in [1.54, 1.807) is 5.57 Å². The van der Waals surface area contributed by atoms with Crippen molar-refractivity contribution in [3.8, 4) is 0 Å². The second-order valence-electron chi connectivity index (χ2n) is 13.7. The molecule has 4 aliphatic carbocycles. The maximum atomic E-state index is 3.85. The van der Waals surface area contributed by atoms with Crippen molar-refractivity contribution in [1.29, 1.82) is 0 Å². The minimum atomic E-state index is 0.458. The van der Waals surface area contributed by atoms with Crippen LogP contribution in [0.1, 0.15) is 105 Å². The van der Waals surface area contributed by atoms with Gasteiger partial charge in [0.1, 0.15) is 0 Å². The summed E-state index contributed by atoms with van der Waals surface area (Å²) in [5.41, 5.74) is 4.15. The van der Waals surface area contributed by atoms with E-state index in [2.05, 4.69) is 76.3 Å². The molecule has 1 heteroatoms. The lowest BCUT2D eigenvalue weighted by Crippen LogP contribution is -2.51. The van der Waals surface area contributed by atoms with Gasteiger partial charge in [0.05, 0.1) is 0 Å². The Morgan fingerprint density at radius 3 is 2.47 bits per heavy atom. The summed E-state index contributed by atoms with van der Waals surface area (Å²) >= 11 is 0. The van der Waals surface area contributed by atoms with Gasteiger partial charge in [-0.3, -0.25) is 0 Å². The van der Waals surface area contributed by atoms with Crippen molar-refractivity contribution in [3.05, 3.63) is 42.0 Å². The van der Waals surface area contributed by atoms with E-state index >= 15 is 0 Å². The quantitative estimate of drug-likeness (QED) is 0.399. The van der Waals surface area contributed by atoms with Gasteiger partial charge in [-0.2, -0.15) is 0 Å². The molecule has 1 nitrogen and oxygen atoms in total. The van der Waals surface area contributed by atoms with Gasteiger partial charge in [0.25, 0.3) is 0 Å². The Morgan fingerprint density at radius 1 is 0.912 bits per heavy atom. The summed E-state index contributed by atoms with van der Waals surface area (Å²) < 4.78 is 0. The highest BCUT2D eigenvalue weighted by Gasteiger charge is 2.59.